The van der Waals surface area contributed by atoms with Crippen molar-refractivity contribution in [1.29, 1.82) is 5.41 Å². The fourth-order valence-electron chi connectivity index (χ4n) is 4.92. The lowest BCUT2D eigenvalue weighted by Crippen LogP contribution is -2.58. The van der Waals surface area contributed by atoms with Crippen molar-refractivity contribution in [3.8, 4) is 0 Å². The first kappa shape index (κ1) is 24.5. The van der Waals surface area contributed by atoms with E-state index >= 15 is 0 Å². The number of nitrogen functional groups attached to an aromatic ring is 2. The van der Waals surface area contributed by atoms with Crippen LogP contribution in [0.25, 0.3) is 0 Å². The van der Waals surface area contributed by atoms with E-state index in [4.69, 9.17) is 40.1 Å². The van der Waals surface area contributed by atoms with Crippen LogP contribution >= 0.6 is 23.2 Å². The molecule has 0 aromatic carbocycles. The van der Waals surface area contributed by atoms with Crippen LogP contribution in [-0.4, -0.2) is 76.3 Å². The van der Waals surface area contributed by atoms with Crippen molar-refractivity contribution in [2.45, 2.75) is 38.3 Å². The van der Waals surface area contributed by atoms with E-state index in [1.165, 1.54) is 0 Å². The summed E-state index contributed by atoms with van der Waals surface area (Å²) in [6, 6.07) is 5.73. The summed E-state index contributed by atoms with van der Waals surface area (Å²) >= 11 is 12.3. The number of anilines is 2. The van der Waals surface area contributed by atoms with Gasteiger partial charge in [0.05, 0.1) is 10.6 Å². The third-order valence-electron chi connectivity index (χ3n) is 6.77. The Morgan fingerprint density at radius 3 is 2.56 bits per heavy atom. The van der Waals surface area contributed by atoms with Gasteiger partial charge in [0.2, 0.25) is 0 Å². The van der Waals surface area contributed by atoms with Crippen LogP contribution in [0.5, 0.6) is 0 Å². The standard InChI is InChI=1S/C23H30Cl2N8O/c1-2-15-13-32(22-18(24)11-14(12-29-22)20(26)27)9-10-33(15)16-5-7-31(8-6-16)23(34)17-3-4-19(25)30-21(17)28/h3-4,11-12,15-16H,2,5-10,13H2,1H3,(H3,26,27)(H2,28,30)/t15-/m0/s1. The van der Waals surface area contributed by atoms with Crippen LogP contribution in [0.2, 0.25) is 10.2 Å². The van der Waals surface area contributed by atoms with Crippen LogP contribution in [0.3, 0.4) is 0 Å². The lowest BCUT2D eigenvalue weighted by Gasteiger charge is -2.47. The first-order valence-corrected chi connectivity index (χ1v) is 12.3. The monoisotopic (exact) mass is 504 g/mol. The first-order chi connectivity index (χ1) is 16.3. The van der Waals surface area contributed by atoms with Crippen LogP contribution in [0, 0.1) is 5.41 Å². The lowest BCUT2D eigenvalue weighted by molar-refractivity contribution is 0.0491. The van der Waals surface area contributed by atoms with Crippen LogP contribution < -0.4 is 16.4 Å². The van der Waals surface area contributed by atoms with Crippen LogP contribution in [0.4, 0.5) is 11.6 Å². The molecule has 2 aliphatic heterocycles. The summed E-state index contributed by atoms with van der Waals surface area (Å²) in [7, 11) is 0. The van der Waals surface area contributed by atoms with Gasteiger partial charge >= 0.3 is 0 Å². The van der Waals surface area contributed by atoms with Crippen molar-refractivity contribution in [2.75, 3.05) is 43.4 Å². The lowest BCUT2D eigenvalue weighted by atomic mass is 9.97. The van der Waals surface area contributed by atoms with Gasteiger partial charge in [-0.15, -0.1) is 0 Å². The zero-order chi connectivity index (χ0) is 24.4. The Balaban J connectivity index is 1.38. The molecule has 0 aliphatic carbocycles. The van der Waals surface area contributed by atoms with Gasteiger partial charge < -0.3 is 21.3 Å². The maximum Gasteiger partial charge on any atom is 0.257 e. The van der Waals surface area contributed by atoms with Crippen molar-refractivity contribution < 1.29 is 4.79 Å². The maximum absolute atomic E-state index is 12.9. The molecule has 5 N–H and O–H groups in total. The number of hydrogen-bond acceptors (Lipinski definition) is 7. The summed E-state index contributed by atoms with van der Waals surface area (Å²) in [6.45, 7) is 6.11. The van der Waals surface area contributed by atoms with Crippen LogP contribution in [0.1, 0.15) is 42.1 Å². The summed E-state index contributed by atoms with van der Waals surface area (Å²) in [4.78, 5) is 28.1. The number of likely N-dealkylation sites (tertiary alicyclic amines) is 1. The van der Waals surface area contributed by atoms with Gasteiger partial charge in [0, 0.05) is 56.6 Å². The Morgan fingerprint density at radius 1 is 1.21 bits per heavy atom. The van der Waals surface area contributed by atoms with Crippen molar-refractivity contribution in [2.24, 2.45) is 5.73 Å². The Kier molecular flexibility index (Phi) is 7.45. The maximum atomic E-state index is 12.9. The smallest absolute Gasteiger partial charge is 0.257 e. The molecular formula is C23H30Cl2N8O. The molecule has 4 heterocycles. The predicted octanol–water partition coefficient (Wildman–Crippen LogP) is 2.86. The number of halogens is 2. The minimum absolute atomic E-state index is 0.0444. The molecule has 0 bridgehead atoms. The molecule has 2 saturated heterocycles. The number of nitrogens with two attached hydrogens (primary N) is 2. The van der Waals surface area contributed by atoms with Gasteiger partial charge in [-0.2, -0.15) is 0 Å². The molecular weight excluding hydrogens is 475 g/mol. The van der Waals surface area contributed by atoms with Crippen LogP contribution in [-0.2, 0) is 0 Å². The number of nitrogens with one attached hydrogen (secondary N) is 1. The van der Waals surface area contributed by atoms with Crippen molar-refractivity contribution in [1.82, 2.24) is 19.8 Å². The van der Waals surface area contributed by atoms with Gasteiger partial charge in [-0.05, 0) is 37.5 Å². The number of aromatic nitrogens is 2. The molecule has 0 spiro atoms. The molecule has 2 fully saturated rings. The average Bonchev–Trinajstić information content (AvgIpc) is 2.83. The Morgan fingerprint density at radius 2 is 1.94 bits per heavy atom. The number of carbonyl (C=O) groups is 1. The molecule has 9 nitrogen and oxygen atoms in total. The second kappa shape index (κ2) is 10.3. The summed E-state index contributed by atoms with van der Waals surface area (Å²) in [5, 5.41) is 8.37. The van der Waals surface area contributed by atoms with Gasteiger partial charge in [-0.25, -0.2) is 9.97 Å². The Hall–Kier alpha value is -2.62. The number of carbonyl (C=O) groups excluding carboxylic acids is 1. The molecule has 0 unspecified atom stereocenters. The molecule has 0 saturated carbocycles. The quantitative estimate of drug-likeness (QED) is 0.324. The predicted molar refractivity (Wildman–Crippen MR) is 136 cm³/mol. The SMILES string of the molecule is CC[C@H]1CN(c2ncc(C(=N)N)cc2Cl)CCN1C1CCN(C(=O)c2ccc(Cl)nc2N)CC1. The number of piperazine rings is 1. The molecule has 2 aromatic heterocycles. The zero-order valence-electron chi connectivity index (χ0n) is 19.2. The molecule has 1 amide bonds. The average molecular weight is 505 g/mol. The third-order valence-corrected chi connectivity index (χ3v) is 7.26. The Labute approximate surface area is 209 Å². The van der Waals surface area contributed by atoms with E-state index in [0.717, 1.165) is 44.7 Å². The highest BCUT2D eigenvalue weighted by atomic mass is 35.5. The van der Waals surface area contributed by atoms with Crippen molar-refractivity contribution >= 4 is 46.6 Å². The molecule has 2 aromatic rings. The van der Waals surface area contributed by atoms with E-state index < -0.39 is 0 Å². The highest BCUT2D eigenvalue weighted by molar-refractivity contribution is 6.33. The molecule has 0 radical (unpaired) electrons. The molecule has 1 atom stereocenters. The van der Waals surface area contributed by atoms with E-state index in [0.29, 0.717) is 41.3 Å². The second-order valence-electron chi connectivity index (χ2n) is 8.78. The summed E-state index contributed by atoms with van der Waals surface area (Å²) in [6.07, 6.45) is 4.43. The second-order valence-corrected chi connectivity index (χ2v) is 9.57. The molecule has 182 valence electrons. The Bertz CT molecular complexity index is 1070. The zero-order valence-corrected chi connectivity index (χ0v) is 20.7. The molecule has 11 heteroatoms. The normalized spacial score (nSPS) is 19.9. The van der Waals surface area contributed by atoms with Gasteiger partial charge in [0.15, 0.2) is 0 Å². The number of rotatable bonds is 5. The summed E-state index contributed by atoms with van der Waals surface area (Å²) < 4.78 is 0. The number of pyridine rings is 2. The van der Waals surface area contributed by atoms with Crippen molar-refractivity contribution in [3.63, 3.8) is 0 Å². The van der Waals surface area contributed by atoms with E-state index in [-0.39, 0.29) is 22.7 Å². The first-order valence-electron chi connectivity index (χ1n) is 11.5. The minimum Gasteiger partial charge on any atom is -0.384 e. The van der Waals surface area contributed by atoms with E-state index in [2.05, 4.69) is 26.7 Å². The topological polar surface area (TPSA) is 128 Å². The van der Waals surface area contributed by atoms with Crippen LogP contribution in [0.15, 0.2) is 24.4 Å². The summed E-state index contributed by atoms with van der Waals surface area (Å²) in [5.74, 6) is 0.772. The van der Waals surface area contributed by atoms with Gasteiger partial charge in [0.1, 0.15) is 22.6 Å². The fraction of sp³-hybridized carbons (Fsp3) is 0.478. The van der Waals surface area contributed by atoms with E-state index in [9.17, 15) is 4.79 Å². The molecule has 4 rings (SSSR count). The number of hydrogen-bond donors (Lipinski definition) is 3. The van der Waals surface area contributed by atoms with Gasteiger partial charge in [-0.3, -0.25) is 15.1 Å². The molecule has 34 heavy (non-hydrogen) atoms. The summed E-state index contributed by atoms with van der Waals surface area (Å²) in [5.41, 5.74) is 12.4. The number of piperidine rings is 1. The number of nitrogens with zero attached hydrogens (tertiary/aromatic N) is 5. The highest BCUT2D eigenvalue weighted by Crippen LogP contribution is 2.30. The largest absolute Gasteiger partial charge is 0.384 e. The van der Waals surface area contributed by atoms with Gasteiger partial charge in [-0.1, -0.05) is 30.1 Å². The highest BCUT2D eigenvalue weighted by Gasteiger charge is 2.35. The van der Waals surface area contributed by atoms with Crippen molar-refractivity contribution in [3.05, 3.63) is 45.7 Å². The van der Waals surface area contributed by atoms with E-state index in [1.807, 2.05) is 4.90 Å². The molecule has 2 aliphatic rings. The minimum atomic E-state index is -0.0910. The fourth-order valence-corrected chi connectivity index (χ4v) is 5.36. The van der Waals surface area contributed by atoms with E-state index in [1.54, 1.807) is 24.4 Å². The van der Waals surface area contributed by atoms with Gasteiger partial charge in [0.25, 0.3) is 5.91 Å². The number of amidine groups is 1. The number of amides is 1. The third kappa shape index (κ3) is 5.06.